The minimum Gasteiger partial charge on any atom is -0.484 e. The molecule has 6 heteroatoms. The number of pyridine rings is 1. The van der Waals surface area contributed by atoms with Gasteiger partial charge in [-0.3, -0.25) is 14.7 Å². The van der Waals surface area contributed by atoms with Gasteiger partial charge in [0.05, 0.1) is 13.2 Å². The Balaban J connectivity index is 1.54. The number of aromatic nitrogens is 1. The molecule has 0 spiro atoms. The number of hydrogen-bond donors (Lipinski definition) is 0. The van der Waals surface area contributed by atoms with Crippen LogP contribution in [0.1, 0.15) is 17.5 Å². The average Bonchev–Trinajstić information content (AvgIpc) is 2.74. The van der Waals surface area contributed by atoms with Crippen molar-refractivity contribution in [2.75, 3.05) is 46.0 Å². The summed E-state index contributed by atoms with van der Waals surface area (Å²) in [6.07, 6.45) is 4.45. The second-order valence-electron chi connectivity index (χ2n) is 7.08. The maximum Gasteiger partial charge on any atom is 0.260 e. The normalized spacial score (nSPS) is 14.6. The van der Waals surface area contributed by atoms with Crippen molar-refractivity contribution in [3.8, 4) is 5.75 Å². The van der Waals surface area contributed by atoms with Gasteiger partial charge in [0.1, 0.15) is 5.75 Å². The summed E-state index contributed by atoms with van der Waals surface area (Å²) in [5, 5.41) is 0. The third-order valence-electron chi connectivity index (χ3n) is 4.86. The third kappa shape index (κ3) is 6.62. The molecule has 0 radical (unpaired) electrons. The molecule has 28 heavy (non-hydrogen) atoms. The summed E-state index contributed by atoms with van der Waals surface area (Å²) in [7, 11) is 0. The van der Waals surface area contributed by atoms with Gasteiger partial charge in [-0.15, -0.1) is 0 Å². The van der Waals surface area contributed by atoms with Crippen molar-refractivity contribution in [1.82, 2.24) is 14.8 Å². The fourth-order valence-corrected chi connectivity index (χ4v) is 3.18. The molecule has 2 heterocycles. The Morgan fingerprint density at radius 3 is 2.57 bits per heavy atom. The molecule has 150 valence electrons. The third-order valence-corrected chi connectivity index (χ3v) is 4.86. The van der Waals surface area contributed by atoms with E-state index in [1.54, 1.807) is 12.4 Å². The molecule has 1 aliphatic rings. The van der Waals surface area contributed by atoms with E-state index in [0.29, 0.717) is 13.1 Å². The largest absolute Gasteiger partial charge is 0.484 e. The van der Waals surface area contributed by atoms with Crippen LogP contribution in [-0.2, 0) is 16.1 Å². The number of amides is 1. The summed E-state index contributed by atoms with van der Waals surface area (Å²) < 4.78 is 11.1. The monoisotopic (exact) mass is 383 g/mol. The summed E-state index contributed by atoms with van der Waals surface area (Å²) >= 11 is 0. The second kappa shape index (κ2) is 10.8. The van der Waals surface area contributed by atoms with Crippen molar-refractivity contribution in [2.45, 2.75) is 19.9 Å². The lowest BCUT2D eigenvalue weighted by Gasteiger charge is -2.28. The topological polar surface area (TPSA) is 54.9 Å². The number of rotatable bonds is 9. The van der Waals surface area contributed by atoms with Crippen LogP contribution in [0.4, 0.5) is 0 Å². The van der Waals surface area contributed by atoms with Gasteiger partial charge in [-0.05, 0) is 43.2 Å². The number of ether oxygens (including phenoxy) is 2. The lowest BCUT2D eigenvalue weighted by atomic mass is 10.2. The summed E-state index contributed by atoms with van der Waals surface area (Å²) in [6, 6.07) is 11.7. The molecule has 0 aliphatic carbocycles. The van der Waals surface area contributed by atoms with Crippen LogP contribution < -0.4 is 4.74 Å². The van der Waals surface area contributed by atoms with E-state index in [1.165, 1.54) is 5.56 Å². The van der Waals surface area contributed by atoms with Crippen LogP contribution in [0.2, 0.25) is 0 Å². The van der Waals surface area contributed by atoms with Gasteiger partial charge in [0, 0.05) is 45.1 Å². The van der Waals surface area contributed by atoms with Crippen LogP contribution in [0, 0.1) is 6.92 Å². The first-order chi connectivity index (χ1) is 13.7. The maximum atomic E-state index is 12.8. The minimum absolute atomic E-state index is 0.000588. The highest BCUT2D eigenvalue weighted by atomic mass is 16.5. The number of hydrogen-bond acceptors (Lipinski definition) is 5. The highest BCUT2D eigenvalue weighted by Crippen LogP contribution is 2.12. The predicted molar refractivity (Wildman–Crippen MR) is 108 cm³/mol. The van der Waals surface area contributed by atoms with Crippen molar-refractivity contribution < 1.29 is 14.3 Å². The second-order valence-corrected chi connectivity index (χ2v) is 7.08. The van der Waals surface area contributed by atoms with Crippen molar-refractivity contribution >= 4 is 5.91 Å². The van der Waals surface area contributed by atoms with Gasteiger partial charge in [0.25, 0.3) is 5.91 Å². The van der Waals surface area contributed by atoms with E-state index < -0.39 is 0 Å². The first kappa shape index (κ1) is 20.3. The molecule has 0 atom stereocenters. The van der Waals surface area contributed by atoms with Gasteiger partial charge in [-0.25, -0.2) is 0 Å². The molecule has 6 nitrogen and oxygen atoms in total. The molecule has 1 fully saturated rings. The van der Waals surface area contributed by atoms with Gasteiger partial charge in [-0.1, -0.05) is 17.7 Å². The Hall–Kier alpha value is -2.44. The Morgan fingerprint density at radius 2 is 1.86 bits per heavy atom. The van der Waals surface area contributed by atoms with E-state index in [-0.39, 0.29) is 12.5 Å². The number of aryl methyl sites for hydroxylation is 1. The van der Waals surface area contributed by atoms with Crippen molar-refractivity contribution in [1.29, 1.82) is 0 Å². The first-order valence-corrected chi connectivity index (χ1v) is 9.87. The first-order valence-electron chi connectivity index (χ1n) is 9.87. The zero-order chi connectivity index (χ0) is 19.6. The van der Waals surface area contributed by atoms with E-state index in [9.17, 15) is 4.79 Å². The Morgan fingerprint density at radius 1 is 1.14 bits per heavy atom. The zero-order valence-corrected chi connectivity index (χ0v) is 16.5. The summed E-state index contributed by atoms with van der Waals surface area (Å²) in [5.41, 5.74) is 2.24. The molecule has 1 saturated heterocycles. The molecular formula is C22H29N3O3. The van der Waals surface area contributed by atoms with Crippen LogP contribution in [0.3, 0.4) is 0 Å². The van der Waals surface area contributed by atoms with Gasteiger partial charge >= 0.3 is 0 Å². The van der Waals surface area contributed by atoms with E-state index >= 15 is 0 Å². The van der Waals surface area contributed by atoms with E-state index in [1.807, 2.05) is 48.2 Å². The minimum atomic E-state index is -0.000588. The van der Waals surface area contributed by atoms with E-state index in [0.717, 1.165) is 50.6 Å². The molecule has 0 bridgehead atoms. The number of carbonyl (C=O) groups is 1. The molecule has 1 aliphatic heterocycles. The molecule has 0 N–H and O–H groups in total. The lowest BCUT2D eigenvalue weighted by molar-refractivity contribution is -0.134. The summed E-state index contributed by atoms with van der Waals surface area (Å²) in [5.74, 6) is 0.718. The van der Waals surface area contributed by atoms with Crippen molar-refractivity contribution in [2.24, 2.45) is 0 Å². The average molecular weight is 383 g/mol. The molecule has 0 saturated carbocycles. The van der Waals surface area contributed by atoms with Crippen LogP contribution in [0.15, 0.2) is 48.8 Å². The Kier molecular flexibility index (Phi) is 7.82. The number of morpholine rings is 1. The summed E-state index contributed by atoms with van der Waals surface area (Å²) in [6.45, 7) is 7.85. The number of nitrogens with zero attached hydrogens (tertiary/aromatic N) is 3. The Labute approximate surface area is 167 Å². The van der Waals surface area contributed by atoms with Gasteiger partial charge in [0.15, 0.2) is 6.61 Å². The molecule has 1 amide bonds. The molecule has 2 aromatic rings. The molecular weight excluding hydrogens is 354 g/mol. The van der Waals surface area contributed by atoms with Crippen LogP contribution in [0.5, 0.6) is 5.75 Å². The highest BCUT2D eigenvalue weighted by molar-refractivity contribution is 5.77. The standard InChI is InChI=1S/C22H29N3O3/c1-19-3-5-21(6-4-19)28-18-22(26)25(17-20-7-9-23-10-8-20)12-2-11-24-13-15-27-16-14-24/h3-10H,2,11-18H2,1H3. The van der Waals surface area contributed by atoms with E-state index in [4.69, 9.17) is 9.47 Å². The van der Waals surface area contributed by atoms with Crippen LogP contribution in [-0.4, -0.2) is 66.7 Å². The zero-order valence-electron chi connectivity index (χ0n) is 16.5. The predicted octanol–water partition coefficient (Wildman–Crippen LogP) is 2.52. The van der Waals surface area contributed by atoms with Crippen molar-refractivity contribution in [3.05, 3.63) is 59.9 Å². The van der Waals surface area contributed by atoms with Crippen molar-refractivity contribution in [3.63, 3.8) is 0 Å². The number of carbonyl (C=O) groups excluding carboxylic acids is 1. The Bertz CT molecular complexity index is 716. The van der Waals surface area contributed by atoms with E-state index in [2.05, 4.69) is 9.88 Å². The van der Waals surface area contributed by atoms with Gasteiger partial charge < -0.3 is 14.4 Å². The van der Waals surface area contributed by atoms with Crippen LogP contribution >= 0.6 is 0 Å². The smallest absolute Gasteiger partial charge is 0.260 e. The van der Waals surface area contributed by atoms with Gasteiger partial charge in [0.2, 0.25) is 0 Å². The quantitative estimate of drug-likeness (QED) is 0.666. The fourth-order valence-electron chi connectivity index (χ4n) is 3.18. The fraction of sp³-hybridized carbons (Fsp3) is 0.455. The molecule has 1 aromatic carbocycles. The molecule has 3 rings (SSSR count). The summed E-state index contributed by atoms with van der Waals surface area (Å²) in [4.78, 5) is 21.1. The van der Waals surface area contributed by atoms with Crippen LogP contribution in [0.25, 0.3) is 0 Å². The maximum absolute atomic E-state index is 12.8. The SMILES string of the molecule is Cc1ccc(OCC(=O)N(CCCN2CCOCC2)Cc2ccncc2)cc1. The van der Waals surface area contributed by atoms with Gasteiger partial charge in [-0.2, -0.15) is 0 Å². The molecule has 1 aromatic heterocycles. The lowest BCUT2D eigenvalue weighted by Crippen LogP contribution is -2.40. The highest BCUT2D eigenvalue weighted by Gasteiger charge is 2.16. The molecule has 0 unspecified atom stereocenters. The number of benzene rings is 1.